The second kappa shape index (κ2) is 5.04. The molecular formula is C17H14N2O3S. The van der Waals surface area contributed by atoms with Crippen LogP contribution in [-0.4, -0.2) is 24.7 Å². The second-order valence-electron chi connectivity index (χ2n) is 5.49. The first-order valence-electron chi connectivity index (χ1n) is 7.26. The standard InChI is InChI=1S/C17H14N2O3S/c20-16-10-18-9-12-5-4-8-15-17(12)14(16)11-19(15)23(21,22)13-6-2-1-3-7-13/h1-8,11,18H,9-10H2. The van der Waals surface area contributed by atoms with Crippen molar-refractivity contribution in [2.24, 2.45) is 0 Å². The molecule has 2 aromatic carbocycles. The van der Waals surface area contributed by atoms with Crippen molar-refractivity contribution in [3.8, 4) is 0 Å². The Kier molecular flexibility index (Phi) is 3.11. The van der Waals surface area contributed by atoms with Gasteiger partial charge in [0, 0.05) is 23.7 Å². The van der Waals surface area contributed by atoms with Crippen LogP contribution in [0.15, 0.2) is 59.6 Å². The van der Waals surface area contributed by atoms with Crippen LogP contribution in [0.4, 0.5) is 0 Å². The van der Waals surface area contributed by atoms with Gasteiger partial charge in [0.15, 0.2) is 5.78 Å². The summed E-state index contributed by atoms with van der Waals surface area (Å²) in [5.74, 6) is -0.0954. The first kappa shape index (κ1) is 14.2. The van der Waals surface area contributed by atoms with Gasteiger partial charge >= 0.3 is 0 Å². The van der Waals surface area contributed by atoms with Crippen LogP contribution in [0.25, 0.3) is 10.9 Å². The molecule has 0 amide bonds. The summed E-state index contributed by atoms with van der Waals surface area (Å²) in [7, 11) is -3.74. The van der Waals surface area contributed by atoms with Crippen LogP contribution < -0.4 is 5.32 Å². The first-order valence-corrected chi connectivity index (χ1v) is 8.70. The van der Waals surface area contributed by atoms with Gasteiger partial charge in [0.25, 0.3) is 10.0 Å². The Morgan fingerprint density at radius 1 is 0.957 bits per heavy atom. The number of carbonyl (C=O) groups excluding carboxylic acids is 1. The number of hydrogen-bond donors (Lipinski definition) is 1. The topological polar surface area (TPSA) is 68.2 Å². The maximum absolute atomic E-state index is 12.9. The van der Waals surface area contributed by atoms with Crippen LogP contribution in [0, 0.1) is 0 Å². The molecule has 0 saturated carbocycles. The number of rotatable bonds is 2. The number of carbonyl (C=O) groups is 1. The van der Waals surface area contributed by atoms with Crippen LogP contribution in [0.3, 0.4) is 0 Å². The van der Waals surface area contributed by atoms with Crippen molar-refractivity contribution in [1.29, 1.82) is 0 Å². The minimum atomic E-state index is -3.74. The quantitative estimate of drug-likeness (QED) is 0.783. The van der Waals surface area contributed by atoms with E-state index in [1.165, 1.54) is 10.2 Å². The van der Waals surface area contributed by atoms with Crippen LogP contribution in [0.5, 0.6) is 0 Å². The van der Waals surface area contributed by atoms with Gasteiger partial charge in [0.2, 0.25) is 0 Å². The number of ketones is 1. The molecule has 1 aliphatic heterocycles. The number of aromatic nitrogens is 1. The van der Waals surface area contributed by atoms with Crippen LogP contribution in [0.2, 0.25) is 0 Å². The van der Waals surface area contributed by atoms with Crippen LogP contribution >= 0.6 is 0 Å². The summed E-state index contributed by atoms with van der Waals surface area (Å²) in [6.07, 6.45) is 1.45. The van der Waals surface area contributed by atoms with Crippen molar-refractivity contribution in [2.75, 3.05) is 6.54 Å². The Balaban J connectivity index is 2.05. The lowest BCUT2D eigenvalue weighted by atomic mass is 10.1. The average Bonchev–Trinajstić information content (AvgIpc) is 2.89. The normalized spacial score (nSPS) is 14.9. The van der Waals surface area contributed by atoms with E-state index in [4.69, 9.17) is 0 Å². The average molecular weight is 326 g/mol. The second-order valence-corrected chi connectivity index (χ2v) is 7.31. The number of nitrogens with one attached hydrogen (secondary N) is 1. The summed E-state index contributed by atoms with van der Waals surface area (Å²) in [6.45, 7) is 0.755. The molecule has 116 valence electrons. The molecule has 0 radical (unpaired) electrons. The maximum Gasteiger partial charge on any atom is 0.268 e. The maximum atomic E-state index is 12.9. The third-order valence-electron chi connectivity index (χ3n) is 4.08. The highest BCUT2D eigenvalue weighted by Gasteiger charge is 2.26. The minimum Gasteiger partial charge on any atom is -0.306 e. The van der Waals surface area contributed by atoms with Gasteiger partial charge in [-0.25, -0.2) is 12.4 Å². The van der Waals surface area contributed by atoms with E-state index >= 15 is 0 Å². The van der Waals surface area contributed by atoms with E-state index in [0.29, 0.717) is 17.6 Å². The molecule has 0 saturated heterocycles. The predicted molar refractivity (Wildman–Crippen MR) is 87.0 cm³/mol. The number of hydrogen-bond acceptors (Lipinski definition) is 4. The van der Waals surface area contributed by atoms with Gasteiger partial charge in [0.05, 0.1) is 17.0 Å². The van der Waals surface area contributed by atoms with Gasteiger partial charge in [0.1, 0.15) is 0 Å². The van der Waals surface area contributed by atoms with Gasteiger partial charge < -0.3 is 5.32 Å². The van der Waals surface area contributed by atoms with Crippen molar-refractivity contribution in [2.45, 2.75) is 11.4 Å². The number of benzene rings is 2. The first-order chi connectivity index (χ1) is 11.1. The van der Waals surface area contributed by atoms with E-state index in [0.717, 1.165) is 10.9 Å². The third kappa shape index (κ3) is 2.10. The fourth-order valence-electron chi connectivity index (χ4n) is 3.00. The molecule has 0 spiro atoms. The molecule has 0 aliphatic carbocycles. The van der Waals surface area contributed by atoms with Crippen molar-refractivity contribution < 1.29 is 13.2 Å². The van der Waals surface area contributed by atoms with E-state index in [-0.39, 0.29) is 17.2 Å². The molecule has 1 N–H and O–H groups in total. The smallest absolute Gasteiger partial charge is 0.268 e. The molecule has 1 aliphatic rings. The van der Waals surface area contributed by atoms with Gasteiger partial charge in [-0.1, -0.05) is 30.3 Å². The summed E-state index contributed by atoms with van der Waals surface area (Å²) in [6, 6.07) is 13.7. The van der Waals surface area contributed by atoms with Gasteiger partial charge in [-0.05, 0) is 23.8 Å². The summed E-state index contributed by atoms with van der Waals surface area (Å²) < 4.78 is 27.1. The fourth-order valence-corrected chi connectivity index (χ4v) is 4.39. The molecule has 0 unspecified atom stereocenters. The van der Waals surface area contributed by atoms with Gasteiger partial charge in [-0.15, -0.1) is 0 Å². The van der Waals surface area contributed by atoms with Crippen LogP contribution in [0.1, 0.15) is 15.9 Å². The Hall–Kier alpha value is -2.44. The van der Waals surface area contributed by atoms with Crippen LogP contribution in [-0.2, 0) is 16.6 Å². The molecule has 5 nitrogen and oxygen atoms in total. The fraction of sp³-hybridized carbons (Fsp3) is 0.118. The Labute approximate surface area is 133 Å². The predicted octanol–water partition coefficient (Wildman–Crippen LogP) is 2.16. The van der Waals surface area contributed by atoms with Gasteiger partial charge in [-0.2, -0.15) is 0 Å². The summed E-state index contributed by atoms with van der Waals surface area (Å²) >= 11 is 0. The van der Waals surface area contributed by atoms with E-state index < -0.39 is 10.0 Å². The minimum absolute atomic E-state index is 0.0954. The summed E-state index contributed by atoms with van der Waals surface area (Å²) in [5, 5.41) is 3.80. The Morgan fingerprint density at radius 3 is 2.52 bits per heavy atom. The molecule has 3 aromatic rings. The molecule has 0 fully saturated rings. The van der Waals surface area contributed by atoms with E-state index in [1.54, 1.807) is 36.4 Å². The zero-order valence-corrected chi connectivity index (χ0v) is 13.0. The monoisotopic (exact) mass is 326 g/mol. The van der Waals surface area contributed by atoms with E-state index in [2.05, 4.69) is 5.32 Å². The molecule has 2 heterocycles. The number of nitrogens with zero attached hydrogens (tertiary/aromatic N) is 1. The highest BCUT2D eigenvalue weighted by molar-refractivity contribution is 7.90. The SMILES string of the molecule is O=C1CNCc2cccc3c2c1cn3S(=O)(=O)c1ccccc1. The van der Waals surface area contributed by atoms with Gasteiger partial charge in [-0.3, -0.25) is 4.79 Å². The largest absolute Gasteiger partial charge is 0.306 e. The lowest BCUT2D eigenvalue weighted by Crippen LogP contribution is -2.20. The van der Waals surface area contributed by atoms with Crippen molar-refractivity contribution in [3.05, 3.63) is 65.9 Å². The van der Waals surface area contributed by atoms with E-state index in [9.17, 15) is 13.2 Å². The lowest BCUT2D eigenvalue weighted by Gasteiger charge is -2.08. The molecule has 6 heteroatoms. The molecular weight excluding hydrogens is 312 g/mol. The molecule has 0 bridgehead atoms. The molecule has 1 aromatic heterocycles. The van der Waals surface area contributed by atoms with Crippen molar-refractivity contribution in [1.82, 2.24) is 9.29 Å². The number of Topliss-reactive ketones (excluding diaryl/α,β-unsaturated/α-hetero) is 1. The van der Waals surface area contributed by atoms with Crippen molar-refractivity contribution >= 4 is 26.7 Å². The van der Waals surface area contributed by atoms with E-state index in [1.807, 2.05) is 12.1 Å². The summed E-state index contributed by atoms with van der Waals surface area (Å²) in [4.78, 5) is 12.5. The zero-order chi connectivity index (χ0) is 16.0. The molecule has 23 heavy (non-hydrogen) atoms. The third-order valence-corrected chi connectivity index (χ3v) is 5.77. The Morgan fingerprint density at radius 2 is 1.74 bits per heavy atom. The summed E-state index contributed by atoms with van der Waals surface area (Å²) in [5.41, 5.74) is 1.93. The van der Waals surface area contributed by atoms with Crippen molar-refractivity contribution in [3.63, 3.8) is 0 Å². The highest BCUT2D eigenvalue weighted by Crippen LogP contribution is 2.30. The molecule has 0 atom stereocenters. The molecule has 4 rings (SSSR count). The highest BCUT2D eigenvalue weighted by atomic mass is 32.2. The Bertz CT molecular complexity index is 1020. The lowest BCUT2D eigenvalue weighted by molar-refractivity contribution is 0.0994. The zero-order valence-electron chi connectivity index (χ0n) is 12.2.